The highest BCUT2D eigenvalue weighted by molar-refractivity contribution is 4.96. The molecule has 2 rings (SSSR count). The van der Waals surface area contributed by atoms with Crippen molar-refractivity contribution in [3.63, 3.8) is 0 Å². The summed E-state index contributed by atoms with van der Waals surface area (Å²) >= 11 is 0. The van der Waals surface area contributed by atoms with Gasteiger partial charge >= 0.3 is 0 Å². The van der Waals surface area contributed by atoms with Gasteiger partial charge in [-0.25, -0.2) is 0 Å². The molecule has 1 saturated carbocycles. The summed E-state index contributed by atoms with van der Waals surface area (Å²) < 4.78 is 5.91. The molecule has 1 saturated heterocycles. The highest BCUT2D eigenvalue weighted by Gasteiger charge is 2.44. The van der Waals surface area contributed by atoms with Gasteiger partial charge in [-0.1, -0.05) is 20.8 Å². The zero-order chi connectivity index (χ0) is 11.8. The molecule has 2 aliphatic rings. The van der Waals surface area contributed by atoms with Gasteiger partial charge < -0.3 is 9.84 Å². The van der Waals surface area contributed by atoms with Gasteiger partial charge in [-0.2, -0.15) is 0 Å². The standard InChI is InChI=1S/C14H26O2/c1-10(2)11(3)13(15)12-5-8-16-14(9-12)6-4-7-14/h10-13,15H,4-9H2,1-3H3. The Kier molecular flexibility index (Phi) is 3.60. The molecule has 1 N–H and O–H groups in total. The first-order valence-electron chi connectivity index (χ1n) is 6.86. The van der Waals surface area contributed by atoms with Crippen molar-refractivity contribution in [3.8, 4) is 0 Å². The highest BCUT2D eigenvalue weighted by atomic mass is 16.5. The maximum atomic E-state index is 10.4. The van der Waals surface area contributed by atoms with E-state index in [2.05, 4.69) is 20.8 Å². The topological polar surface area (TPSA) is 29.5 Å². The molecule has 0 radical (unpaired) electrons. The number of ether oxygens (including phenoxy) is 1. The van der Waals surface area contributed by atoms with Gasteiger partial charge in [0.2, 0.25) is 0 Å². The van der Waals surface area contributed by atoms with Crippen LogP contribution in [0.4, 0.5) is 0 Å². The van der Waals surface area contributed by atoms with Gasteiger partial charge in [0, 0.05) is 6.61 Å². The summed E-state index contributed by atoms with van der Waals surface area (Å²) in [4.78, 5) is 0. The molecule has 1 spiro atoms. The Hall–Kier alpha value is -0.0800. The summed E-state index contributed by atoms with van der Waals surface area (Å²) in [6.45, 7) is 7.43. The van der Waals surface area contributed by atoms with E-state index in [1.165, 1.54) is 19.3 Å². The fraction of sp³-hybridized carbons (Fsp3) is 1.00. The van der Waals surface area contributed by atoms with Crippen molar-refractivity contribution in [1.29, 1.82) is 0 Å². The lowest BCUT2D eigenvalue weighted by Crippen LogP contribution is -2.49. The van der Waals surface area contributed by atoms with E-state index in [9.17, 15) is 5.11 Å². The van der Waals surface area contributed by atoms with E-state index in [4.69, 9.17) is 4.74 Å². The minimum absolute atomic E-state index is 0.138. The molecule has 0 aromatic carbocycles. The zero-order valence-corrected chi connectivity index (χ0v) is 10.9. The van der Waals surface area contributed by atoms with Crippen LogP contribution in [0.2, 0.25) is 0 Å². The van der Waals surface area contributed by atoms with Crippen molar-refractivity contribution in [2.24, 2.45) is 17.8 Å². The van der Waals surface area contributed by atoms with Crippen LogP contribution >= 0.6 is 0 Å². The van der Waals surface area contributed by atoms with Crippen LogP contribution < -0.4 is 0 Å². The predicted molar refractivity (Wildman–Crippen MR) is 65.3 cm³/mol. The number of aliphatic hydroxyl groups excluding tert-OH is 1. The van der Waals surface area contributed by atoms with E-state index >= 15 is 0 Å². The van der Waals surface area contributed by atoms with Crippen molar-refractivity contribution in [3.05, 3.63) is 0 Å². The molecule has 3 atom stereocenters. The molecule has 1 aliphatic carbocycles. The van der Waals surface area contributed by atoms with Crippen molar-refractivity contribution in [1.82, 2.24) is 0 Å². The van der Waals surface area contributed by atoms with Crippen LogP contribution in [0.5, 0.6) is 0 Å². The minimum atomic E-state index is -0.138. The molecule has 3 unspecified atom stereocenters. The Bertz CT molecular complexity index is 233. The zero-order valence-electron chi connectivity index (χ0n) is 10.9. The Morgan fingerprint density at radius 3 is 2.44 bits per heavy atom. The molecule has 2 nitrogen and oxygen atoms in total. The number of aliphatic hydroxyl groups is 1. The summed E-state index contributed by atoms with van der Waals surface area (Å²) in [5.74, 6) is 1.43. The van der Waals surface area contributed by atoms with Gasteiger partial charge in [0.05, 0.1) is 11.7 Å². The number of rotatable bonds is 3. The molecule has 0 bridgehead atoms. The van der Waals surface area contributed by atoms with E-state index in [-0.39, 0.29) is 11.7 Å². The first-order valence-corrected chi connectivity index (χ1v) is 6.86. The largest absolute Gasteiger partial charge is 0.393 e. The molecule has 1 aliphatic heterocycles. The molecule has 0 aromatic rings. The van der Waals surface area contributed by atoms with Crippen LogP contribution in [0.1, 0.15) is 52.9 Å². The first-order chi connectivity index (χ1) is 7.54. The lowest BCUT2D eigenvalue weighted by atomic mass is 9.69. The van der Waals surface area contributed by atoms with Crippen molar-refractivity contribution in [2.75, 3.05) is 6.61 Å². The summed E-state index contributed by atoms with van der Waals surface area (Å²) in [5, 5.41) is 10.4. The average molecular weight is 226 g/mol. The summed E-state index contributed by atoms with van der Waals surface area (Å²) in [7, 11) is 0. The molecule has 1 heterocycles. The summed E-state index contributed by atoms with van der Waals surface area (Å²) in [6.07, 6.45) is 5.73. The second-order valence-corrected chi connectivity index (χ2v) is 6.23. The van der Waals surface area contributed by atoms with E-state index in [0.29, 0.717) is 17.8 Å². The van der Waals surface area contributed by atoms with Gasteiger partial charge in [0.15, 0.2) is 0 Å². The third-order valence-corrected chi connectivity index (χ3v) is 4.87. The minimum Gasteiger partial charge on any atom is -0.393 e. The lowest BCUT2D eigenvalue weighted by molar-refractivity contribution is -0.162. The lowest BCUT2D eigenvalue weighted by Gasteiger charge is -2.49. The van der Waals surface area contributed by atoms with Crippen LogP contribution in [-0.4, -0.2) is 23.4 Å². The van der Waals surface area contributed by atoms with Crippen molar-refractivity contribution in [2.45, 2.75) is 64.6 Å². The van der Waals surface area contributed by atoms with E-state index in [1.807, 2.05) is 0 Å². The van der Waals surface area contributed by atoms with Crippen LogP contribution in [0.15, 0.2) is 0 Å². The number of hydrogen-bond acceptors (Lipinski definition) is 2. The highest BCUT2D eigenvalue weighted by Crippen LogP contribution is 2.45. The van der Waals surface area contributed by atoms with Crippen LogP contribution in [-0.2, 0) is 4.74 Å². The fourth-order valence-electron chi connectivity index (χ4n) is 3.10. The predicted octanol–water partition coefficient (Wildman–Crippen LogP) is 2.99. The second kappa shape index (κ2) is 4.66. The molecule has 2 fully saturated rings. The van der Waals surface area contributed by atoms with E-state index in [1.54, 1.807) is 0 Å². The van der Waals surface area contributed by atoms with Crippen LogP contribution in [0.25, 0.3) is 0 Å². The molecule has 2 heteroatoms. The third-order valence-electron chi connectivity index (χ3n) is 4.87. The summed E-state index contributed by atoms with van der Waals surface area (Å²) in [6, 6.07) is 0. The van der Waals surface area contributed by atoms with Crippen molar-refractivity contribution < 1.29 is 9.84 Å². The van der Waals surface area contributed by atoms with Gasteiger partial charge in [-0.15, -0.1) is 0 Å². The Morgan fingerprint density at radius 1 is 1.25 bits per heavy atom. The average Bonchev–Trinajstić information content (AvgIpc) is 2.25. The van der Waals surface area contributed by atoms with Gasteiger partial charge in [-0.3, -0.25) is 0 Å². The van der Waals surface area contributed by atoms with Crippen LogP contribution in [0.3, 0.4) is 0 Å². The SMILES string of the molecule is CC(C)C(C)C(O)C1CCOC2(CCC2)C1. The Morgan fingerprint density at radius 2 is 1.94 bits per heavy atom. The second-order valence-electron chi connectivity index (χ2n) is 6.23. The first kappa shape index (κ1) is 12.4. The monoisotopic (exact) mass is 226 g/mol. The Balaban J connectivity index is 1.93. The maximum Gasteiger partial charge on any atom is 0.0686 e. The van der Waals surface area contributed by atoms with Crippen molar-refractivity contribution >= 4 is 0 Å². The summed E-state index contributed by atoms with van der Waals surface area (Å²) in [5.41, 5.74) is 0.167. The van der Waals surface area contributed by atoms with E-state index < -0.39 is 0 Å². The van der Waals surface area contributed by atoms with Gasteiger partial charge in [-0.05, 0) is 49.9 Å². The third kappa shape index (κ3) is 2.28. The van der Waals surface area contributed by atoms with Crippen LogP contribution in [0, 0.1) is 17.8 Å². The molecular weight excluding hydrogens is 200 g/mol. The molecule has 0 aromatic heterocycles. The Labute approximate surface area is 99.4 Å². The fourth-order valence-corrected chi connectivity index (χ4v) is 3.10. The molecule has 0 amide bonds. The van der Waals surface area contributed by atoms with Gasteiger partial charge in [0.25, 0.3) is 0 Å². The maximum absolute atomic E-state index is 10.4. The quantitative estimate of drug-likeness (QED) is 0.801. The smallest absolute Gasteiger partial charge is 0.0686 e. The number of hydrogen-bond donors (Lipinski definition) is 1. The van der Waals surface area contributed by atoms with Gasteiger partial charge in [0.1, 0.15) is 0 Å². The molecule has 16 heavy (non-hydrogen) atoms. The molecular formula is C14H26O2. The van der Waals surface area contributed by atoms with E-state index in [0.717, 1.165) is 19.4 Å². The molecule has 94 valence electrons. The normalized spacial score (nSPS) is 32.4.